The minimum absolute atomic E-state index is 0. The molecular weight excluding hydrogens is 759 g/mol. The predicted molar refractivity (Wildman–Crippen MR) is 258 cm³/mol. The first-order valence-corrected chi connectivity index (χ1v) is 25.7. The van der Waals surface area contributed by atoms with Crippen molar-refractivity contribution in [1.29, 1.82) is 0 Å². The van der Waals surface area contributed by atoms with Crippen molar-refractivity contribution in [3.63, 3.8) is 0 Å². The van der Waals surface area contributed by atoms with E-state index in [1.165, 1.54) is 218 Å². The molecule has 1 aliphatic heterocycles. The zero-order chi connectivity index (χ0) is 41.6. The van der Waals surface area contributed by atoms with Gasteiger partial charge in [-0.2, -0.15) is 0 Å². The number of hydrogen-bond donors (Lipinski definition) is 0. The van der Waals surface area contributed by atoms with Crippen LogP contribution in [-0.2, 0) is 42.2 Å². The summed E-state index contributed by atoms with van der Waals surface area (Å²) < 4.78 is 1.72. The summed E-state index contributed by atoms with van der Waals surface area (Å²) in [5, 5.41) is 0. The second-order valence-electron chi connectivity index (χ2n) is 18.3. The number of nitrogens with zero attached hydrogens (tertiary/aromatic N) is 2. The van der Waals surface area contributed by atoms with E-state index >= 15 is 0 Å². The normalized spacial score (nSPS) is 12.9. The third-order valence-corrected chi connectivity index (χ3v) is 12.8. The van der Waals surface area contributed by atoms with Crippen molar-refractivity contribution in [2.24, 2.45) is 0 Å². The van der Waals surface area contributed by atoms with Gasteiger partial charge in [-0.1, -0.05) is 195 Å². The predicted octanol–water partition coefficient (Wildman–Crippen LogP) is 18.8. The Kier molecular flexibility index (Phi) is 30.3. The topological polar surface area (TPSA) is 25.3 Å². The Morgan fingerprint density at radius 3 is 0.847 bits per heavy atom. The van der Waals surface area contributed by atoms with Crippen LogP contribution in [0, 0.1) is 0 Å². The van der Waals surface area contributed by atoms with Crippen molar-refractivity contribution in [2.75, 3.05) is 0 Å². The molecule has 0 spiro atoms. The van der Waals surface area contributed by atoms with Gasteiger partial charge in [0.15, 0.2) is 0 Å². The smallest absolute Gasteiger partial charge is 0.211 e. The van der Waals surface area contributed by atoms with Gasteiger partial charge >= 0.3 is 0 Å². The molecule has 0 aliphatic carbocycles. The molecule has 0 bridgehead atoms. The van der Waals surface area contributed by atoms with Crippen LogP contribution in [0.4, 0.5) is 0 Å². The second kappa shape index (κ2) is 33.6. The Morgan fingerprint density at radius 1 is 0.305 bits per heavy atom. The van der Waals surface area contributed by atoms with E-state index in [1.54, 1.807) is 4.70 Å². The average molecular weight is 852 g/mol. The maximum atomic E-state index is 12.8. The van der Waals surface area contributed by atoms with Gasteiger partial charge in [0.2, 0.25) is 11.4 Å². The Balaban J connectivity index is 0.0000120. The summed E-state index contributed by atoms with van der Waals surface area (Å²) in [6.07, 6.45) is 42.9. The number of rotatable bonds is 36. The number of allylic oxidation sites excluding steroid dienone is 2. The van der Waals surface area contributed by atoms with Gasteiger partial charge < -0.3 is 5.53 Å². The van der Waals surface area contributed by atoms with Crippen LogP contribution < -0.4 is 0 Å². The molecule has 0 amide bonds. The van der Waals surface area contributed by atoms with Gasteiger partial charge in [-0.05, 0) is 124 Å². The van der Waals surface area contributed by atoms with Crippen LogP contribution in [0.1, 0.15) is 268 Å². The largest absolute Gasteiger partial charge is 0.493 e. The van der Waals surface area contributed by atoms with Crippen molar-refractivity contribution >= 4 is 11.4 Å². The Labute approximate surface area is 377 Å². The maximum absolute atomic E-state index is 12.8. The zero-order valence-corrected chi connectivity index (χ0v) is 40.7. The molecule has 0 aromatic heterocycles. The van der Waals surface area contributed by atoms with Gasteiger partial charge in [-0.25, -0.2) is 4.70 Å². The monoisotopic (exact) mass is 851 g/mol. The number of aryl methyl sites for hydroxylation is 4. The van der Waals surface area contributed by atoms with Crippen LogP contribution in [0.15, 0.2) is 47.5 Å². The quantitative estimate of drug-likeness (QED) is 0.0371. The van der Waals surface area contributed by atoms with E-state index in [4.69, 9.17) is 0 Å². The number of benzene rings is 2. The van der Waals surface area contributed by atoms with Crippen LogP contribution in [-0.4, -0.2) is 4.70 Å². The molecule has 59 heavy (non-hydrogen) atoms. The minimum Gasteiger partial charge on any atom is -0.493 e. The summed E-state index contributed by atoms with van der Waals surface area (Å²) in [5.41, 5.74) is 26.3. The van der Waals surface area contributed by atoms with Crippen LogP contribution in [0.25, 0.3) is 16.9 Å². The summed E-state index contributed by atoms with van der Waals surface area (Å²) in [4.78, 5) is 0. The third-order valence-electron chi connectivity index (χ3n) is 12.8. The van der Waals surface area contributed by atoms with E-state index in [9.17, 15) is 5.53 Å². The first-order valence-electron chi connectivity index (χ1n) is 25.7. The molecule has 2 nitrogen and oxygen atoms in total. The molecule has 0 fully saturated rings. The Morgan fingerprint density at radius 2 is 0.542 bits per heavy atom. The summed E-state index contributed by atoms with van der Waals surface area (Å²) in [7, 11) is 0. The van der Waals surface area contributed by atoms with E-state index in [0.29, 0.717) is 0 Å². The van der Waals surface area contributed by atoms with Crippen LogP contribution in [0.5, 0.6) is 0 Å². The minimum atomic E-state index is 0. The van der Waals surface area contributed by atoms with Gasteiger partial charge in [0.05, 0.1) is 0 Å². The van der Waals surface area contributed by atoms with Gasteiger partial charge in [0, 0.05) is 38.8 Å². The fraction of sp³-hybridized carbons (Fsp3) is 0.714. The van der Waals surface area contributed by atoms with Crippen molar-refractivity contribution in [3.05, 3.63) is 86.5 Å². The molecule has 0 saturated carbocycles. The summed E-state index contributed by atoms with van der Waals surface area (Å²) in [6, 6.07) is 15.0. The first-order chi connectivity index (χ1) is 28.5. The molecule has 0 unspecified atom stereocenters. The Hall–Kier alpha value is -1.99. The third kappa shape index (κ3) is 20.2. The zero-order valence-electron chi connectivity index (χ0n) is 39.7. The molecule has 3 heteroatoms. The molecule has 0 N–H and O–H groups in total. The standard InChI is InChI=1S/C56H92N2.Ni/c1-7-13-19-24-27-32-37-49-42-50(38-33-28-25-20-14-8-2)46-51(45-49)55-53(39-18-12-6)54(40-34-29-26-21-15-9-3)56(58(55)57)52-43-47(35-30-22-16-10-4)41-48(44-52)36-31-23-17-11-5;/h41-46H,7-40H2,1-6H3;. The van der Waals surface area contributed by atoms with E-state index in [1.807, 2.05) is 0 Å². The molecule has 0 atom stereocenters. The van der Waals surface area contributed by atoms with Crippen molar-refractivity contribution in [1.82, 2.24) is 0 Å². The maximum Gasteiger partial charge on any atom is 0.211 e. The summed E-state index contributed by atoms with van der Waals surface area (Å²) in [5.74, 6) is 0. The van der Waals surface area contributed by atoms with Crippen molar-refractivity contribution in [2.45, 2.75) is 260 Å². The average Bonchev–Trinajstić information content (AvgIpc) is 3.51. The Bertz CT molecular complexity index is 1420. The molecule has 3 rings (SSSR count). The van der Waals surface area contributed by atoms with Gasteiger partial charge in [0.1, 0.15) is 0 Å². The van der Waals surface area contributed by atoms with Crippen molar-refractivity contribution in [3.8, 4) is 0 Å². The number of unbranched alkanes of at least 4 members (excludes halogenated alkanes) is 22. The molecule has 1 heterocycles. The molecule has 336 valence electrons. The fourth-order valence-electron chi connectivity index (χ4n) is 9.33. The van der Waals surface area contributed by atoms with E-state index < -0.39 is 0 Å². The first kappa shape index (κ1) is 53.2. The van der Waals surface area contributed by atoms with Crippen LogP contribution in [0.2, 0.25) is 0 Å². The van der Waals surface area contributed by atoms with E-state index in [-0.39, 0.29) is 16.5 Å². The number of hydrogen-bond acceptors (Lipinski definition) is 0. The van der Waals surface area contributed by atoms with Crippen molar-refractivity contribution < 1.29 is 21.2 Å². The molecule has 2 aromatic rings. The summed E-state index contributed by atoms with van der Waals surface area (Å²) in [6.45, 7) is 13.9. The van der Waals surface area contributed by atoms with Gasteiger partial charge in [-0.3, -0.25) is 0 Å². The SMILES string of the molecule is CCCCCCCCC1=C(c2cc(CCCCCC)cc(CCCCCC)c2)[N+](=[N-])C(c2cc(CCCCCCCC)cc(CCCCCCCC)c2)=C1CCCC.[Ni]. The summed E-state index contributed by atoms with van der Waals surface area (Å²) >= 11 is 0. The second-order valence-corrected chi connectivity index (χ2v) is 18.3. The fourth-order valence-corrected chi connectivity index (χ4v) is 9.33. The van der Waals surface area contributed by atoms with Gasteiger partial charge in [-0.15, -0.1) is 0 Å². The molecule has 0 saturated heterocycles. The molecule has 2 aromatic carbocycles. The van der Waals surface area contributed by atoms with Crippen LogP contribution >= 0.6 is 0 Å². The molecule has 1 aliphatic rings. The molecule has 0 radical (unpaired) electrons. The van der Waals surface area contributed by atoms with E-state index in [2.05, 4.69) is 77.9 Å². The van der Waals surface area contributed by atoms with Gasteiger partial charge in [0.25, 0.3) is 0 Å². The van der Waals surface area contributed by atoms with Crippen LogP contribution in [0.3, 0.4) is 0 Å². The van der Waals surface area contributed by atoms with E-state index in [0.717, 1.165) is 56.3 Å². The molecular formula is C56H92N2Ni.